The van der Waals surface area contributed by atoms with Crippen molar-refractivity contribution in [1.29, 1.82) is 0 Å². The molecule has 0 aromatic heterocycles. The minimum atomic E-state index is -2.44. The smallest absolute Gasteiger partial charge is 0.352 e. The number of aliphatic imine (C=N–C) groups is 1. The average molecular weight is 563 g/mol. The molecule has 198 valence electrons. The average Bonchev–Trinajstić information content (AvgIpc) is 3.01. The first-order chi connectivity index (χ1) is 19.6. The number of carbonyl (C=O) groups excluding carboxylic acids is 1. The highest BCUT2D eigenvalue weighted by molar-refractivity contribution is 8.00. The van der Waals surface area contributed by atoms with E-state index in [0.29, 0.717) is 11.3 Å². The second-order valence-electron chi connectivity index (χ2n) is 9.58. The van der Waals surface area contributed by atoms with Gasteiger partial charge in [0.1, 0.15) is 11.1 Å². The van der Waals surface area contributed by atoms with Crippen molar-refractivity contribution in [3.8, 4) is 0 Å². The van der Waals surface area contributed by atoms with Gasteiger partial charge < -0.3 is 5.11 Å². The molecule has 4 aromatic carbocycles. The van der Waals surface area contributed by atoms with Gasteiger partial charge in [-0.2, -0.15) is 0 Å². The quantitative estimate of drug-likeness (QED) is 0.204. The molecule has 2 atom stereocenters. The number of thioether (sulfide) groups is 1. The van der Waals surface area contributed by atoms with Gasteiger partial charge in [0, 0.05) is 12.0 Å². The molecule has 0 saturated carbocycles. The van der Waals surface area contributed by atoms with Crippen LogP contribution < -0.4 is 15.9 Å². The molecule has 0 bridgehead atoms. The molecule has 7 heteroatoms. The lowest BCUT2D eigenvalue weighted by Gasteiger charge is -2.47. The molecular formula is C33H27N2O3PS. The van der Waals surface area contributed by atoms with E-state index < -0.39 is 18.9 Å². The molecule has 40 heavy (non-hydrogen) atoms. The Morgan fingerprint density at radius 2 is 1.27 bits per heavy atom. The highest BCUT2D eigenvalue weighted by atomic mass is 32.2. The summed E-state index contributed by atoms with van der Waals surface area (Å²) in [4.78, 5) is 32.1. The normalized spacial score (nSPS) is 18.8. The first-order valence-electron chi connectivity index (χ1n) is 13.0. The summed E-state index contributed by atoms with van der Waals surface area (Å²) in [7, 11) is 0. The van der Waals surface area contributed by atoms with Gasteiger partial charge in [-0.25, -0.2) is 4.79 Å². The second-order valence-corrected chi connectivity index (χ2v) is 13.9. The summed E-state index contributed by atoms with van der Waals surface area (Å²) in [5.41, 5.74) is 1.63. The molecule has 1 fully saturated rings. The number of aliphatic carboxylic acids is 1. The Balaban J connectivity index is 1.52. The summed E-state index contributed by atoms with van der Waals surface area (Å²) in [6, 6.07) is 39.8. The Morgan fingerprint density at radius 3 is 1.75 bits per heavy atom. The standard InChI is InChI=1S/C33H27N2O3PS/c36-31-29(34-21-24-13-5-1-6-14-24)32-35(31)30(33(37)38)25(23-40-32)22-39(26-15-7-2-8-16-26,27-17-9-3-10-18-27)28-19-11-4-12-20-28/h1-22,29,32H,23H2,(H,37,38)/t29?,32-/m0/s1. The monoisotopic (exact) mass is 562 g/mol. The molecule has 1 unspecified atom stereocenters. The first-order valence-corrected chi connectivity index (χ1v) is 15.9. The summed E-state index contributed by atoms with van der Waals surface area (Å²) < 4.78 is 0. The van der Waals surface area contributed by atoms with Gasteiger partial charge in [-0.15, -0.1) is 11.8 Å². The number of carboxylic acids is 1. The van der Waals surface area contributed by atoms with Crippen LogP contribution in [0.25, 0.3) is 0 Å². The second kappa shape index (κ2) is 11.2. The Morgan fingerprint density at radius 1 is 0.800 bits per heavy atom. The lowest BCUT2D eigenvalue weighted by atomic mass is 10.0. The van der Waals surface area contributed by atoms with E-state index in [2.05, 4.69) is 47.2 Å². The molecule has 2 aliphatic rings. The van der Waals surface area contributed by atoms with E-state index in [1.165, 1.54) is 4.90 Å². The maximum Gasteiger partial charge on any atom is 0.352 e. The maximum absolute atomic E-state index is 13.3. The number of nitrogens with zero attached hydrogens (tertiary/aromatic N) is 2. The fraction of sp³-hybridized carbons (Fsp3) is 0.0909. The van der Waals surface area contributed by atoms with Crippen molar-refractivity contribution in [1.82, 2.24) is 4.90 Å². The van der Waals surface area contributed by atoms with Gasteiger partial charge in [-0.3, -0.25) is 14.7 Å². The fourth-order valence-electron chi connectivity index (χ4n) is 5.33. The molecule has 0 spiro atoms. The summed E-state index contributed by atoms with van der Waals surface area (Å²) in [5.74, 6) is 1.26. The Hall–Kier alpha value is -4.12. The largest absolute Gasteiger partial charge is 0.477 e. The van der Waals surface area contributed by atoms with Crippen LogP contribution in [0.4, 0.5) is 0 Å². The summed E-state index contributed by atoms with van der Waals surface area (Å²) >= 11 is 1.57. The third-order valence-corrected chi connectivity index (χ3v) is 12.5. The van der Waals surface area contributed by atoms with Crippen LogP contribution in [0.3, 0.4) is 0 Å². The van der Waals surface area contributed by atoms with Gasteiger partial charge in [0.25, 0.3) is 5.91 Å². The van der Waals surface area contributed by atoms with E-state index in [0.717, 1.165) is 21.5 Å². The predicted molar refractivity (Wildman–Crippen MR) is 167 cm³/mol. The molecule has 0 aliphatic carbocycles. The van der Waals surface area contributed by atoms with Crippen molar-refractivity contribution in [3.63, 3.8) is 0 Å². The number of carbonyl (C=O) groups is 2. The molecule has 2 heterocycles. The van der Waals surface area contributed by atoms with E-state index in [9.17, 15) is 14.7 Å². The summed E-state index contributed by atoms with van der Waals surface area (Å²) in [6.45, 7) is -2.44. The zero-order valence-electron chi connectivity index (χ0n) is 21.6. The van der Waals surface area contributed by atoms with Gasteiger partial charge in [-0.05, 0) is 39.7 Å². The Bertz CT molecular complexity index is 1550. The number of hydrogen-bond acceptors (Lipinski definition) is 4. The predicted octanol–water partition coefficient (Wildman–Crippen LogP) is 4.52. The lowest BCUT2D eigenvalue weighted by Crippen LogP contribution is -2.64. The zero-order chi connectivity index (χ0) is 27.5. The van der Waals surface area contributed by atoms with Crippen molar-refractivity contribution in [3.05, 3.63) is 138 Å². The first kappa shape index (κ1) is 26.1. The molecule has 1 amide bonds. The Kier molecular flexibility index (Phi) is 7.29. The van der Waals surface area contributed by atoms with Gasteiger partial charge in [0.05, 0.1) is 0 Å². The fourth-order valence-corrected chi connectivity index (χ4v) is 10.7. The van der Waals surface area contributed by atoms with E-state index in [1.807, 2.05) is 84.9 Å². The summed E-state index contributed by atoms with van der Waals surface area (Å²) in [5, 5.41) is 13.5. The van der Waals surface area contributed by atoms with Gasteiger partial charge in [-0.1, -0.05) is 121 Å². The third kappa shape index (κ3) is 4.64. The SMILES string of the molecule is O=C(O)C1=C(C=P(c2ccccc2)(c2ccccc2)c2ccccc2)CS[C@H]2C(N=Cc3ccccc3)C(=O)N12. The van der Waals surface area contributed by atoms with Crippen molar-refractivity contribution < 1.29 is 14.7 Å². The minimum Gasteiger partial charge on any atom is -0.477 e. The van der Waals surface area contributed by atoms with E-state index in [-0.39, 0.29) is 17.0 Å². The van der Waals surface area contributed by atoms with Crippen LogP contribution >= 0.6 is 18.6 Å². The van der Waals surface area contributed by atoms with Crippen LogP contribution in [0.1, 0.15) is 5.56 Å². The van der Waals surface area contributed by atoms with E-state index >= 15 is 0 Å². The molecule has 1 saturated heterocycles. The van der Waals surface area contributed by atoms with Crippen LogP contribution in [0.5, 0.6) is 0 Å². The van der Waals surface area contributed by atoms with Crippen LogP contribution in [0, 0.1) is 0 Å². The topological polar surface area (TPSA) is 70.0 Å². The molecule has 5 nitrogen and oxygen atoms in total. The molecular weight excluding hydrogens is 535 g/mol. The number of fused-ring (bicyclic) bond motifs is 1. The zero-order valence-corrected chi connectivity index (χ0v) is 23.3. The summed E-state index contributed by atoms with van der Waals surface area (Å²) in [6.07, 6.45) is 1.70. The maximum atomic E-state index is 13.3. The van der Waals surface area contributed by atoms with Gasteiger partial charge >= 0.3 is 5.97 Å². The van der Waals surface area contributed by atoms with Crippen LogP contribution in [-0.2, 0) is 9.59 Å². The van der Waals surface area contributed by atoms with Crippen molar-refractivity contribution in [2.75, 3.05) is 5.75 Å². The van der Waals surface area contributed by atoms with Crippen molar-refractivity contribution in [2.24, 2.45) is 4.99 Å². The molecule has 6 rings (SSSR count). The van der Waals surface area contributed by atoms with E-state index in [4.69, 9.17) is 0 Å². The third-order valence-electron chi connectivity index (χ3n) is 7.20. The van der Waals surface area contributed by atoms with Crippen LogP contribution in [0.2, 0.25) is 0 Å². The molecule has 0 radical (unpaired) electrons. The number of hydrogen-bond donors (Lipinski definition) is 1. The van der Waals surface area contributed by atoms with Crippen molar-refractivity contribution >= 4 is 58.4 Å². The van der Waals surface area contributed by atoms with Gasteiger partial charge in [0.2, 0.25) is 0 Å². The lowest BCUT2D eigenvalue weighted by molar-refractivity contribution is -0.147. The molecule has 1 N–H and O–H groups in total. The van der Waals surface area contributed by atoms with Crippen LogP contribution in [0.15, 0.2) is 138 Å². The molecule has 2 aliphatic heterocycles. The van der Waals surface area contributed by atoms with Gasteiger partial charge in [0.15, 0.2) is 6.04 Å². The number of amides is 1. The number of benzene rings is 4. The number of carboxylic acid groups (broad SMARTS) is 1. The van der Waals surface area contributed by atoms with Crippen molar-refractivity contribution in [2.45, 2.75) is 11.4 Å². The number of β-lactam (4-membered cyclic amide) rings is 1. The Labute approximate surface area is 237 Å². The van der Waals surface area contributed by atoms with Crippen LogP contribution in [-0.4, -0.2) is 51.1 Å². The molecule has 4 aromatic rings. The highest BCUT2D eigenvalue weighted by Gasteiger charge is 2.53. The minimum absolute atomic E-state index is 0.0621. The highest BCUT2D eigenvalue weighted by Crippen LogP contribution is 2.48. The number of rotatable bonds is 7. The van der Waals surface area contributed by atoms with E-state index in [1.54, 1.807) is 18.0 Å².